The summed E-state index contributed by atoms with van der Waals surface area (Å²) < 4.78 is 0. The Morgan fingerprint density at radius 1 is 1.53 bits per heavy atom. The van der Waals surface area contributed by atoms with Crippen LogP contribution in [0.1, 0.15) is 25.5 Å². The quantitative estimate of drug-likeness (QED) is 0.768. The van der Waals surface area contributed by atoms with E-state index >= 15 is 0 Å². The van der Waals surface area contributed by atoms with Gasteiger partial charge < -0.3 is 5.73 Å². The summed E-state index contributed by atoms with van der Waals surface area (Å²) in [7, 11) is 0. The first-order valence-corrected chi connectivity index (χ1v) is 5.38. The number of hydrogen-bond donors (Lipinski definition) is 1. The number of nitrogens with two attached hydrogens (primary N) is 1. The van der Waals surface area contributed by atoms with Crippen LogP contribution in [0.5, 0.6) is 0 Å². The fraction of sp³-hybridized carbons (Fsp3) is 0.500. The highest BCUT2D eigenvalue weighted by molar-refractivity contribution is 5.80. The Morgan fingerprint density at radius 2 is 2.33 bits per heavy atom. The van der Waals surface area contributed by atoms with Gasteiger partial charge in [0, 0.05) is 24.7 Å². The number of carbonyl (C=O) groups excluding carboxylic acids is 1. The molecule has 0 amide bonds. The van der Waals surface area contributed by atoms with E-state index in [0.29, 0.717) is 25.3 Å². The molecule has 2 N–H and O–H groups in total. The molecule has 15 heavy (non-hydrogen) atoms. The summed E-state index contributed by atoms with van der Waals surface area (Å²) >= 11 is 0. The van der Waals surface area contributed by atoms with Crippen LogP contribution >= 0.6 is 0 Å². The molecule has 0 aliphatic heterocycles. The van der Waals surface area contributed by atoms with Gasteiger partial charge in [0.2, 0.25) is 0 Å². The van der Waals surface area contributed by atoms with Gasteiger partial charge in [-0.05, 0) is 24.6 Å². The lowest BCUT2D eigenvalue weighted by Gasteiger charge is -2.10. The molecule has 0 saturated carbocycles. The molecule has 1 unspecified atom stereocenters. The van der Waals surface area contributed by atoms with Crippen LogP contribution in [-0.4, -0.2) is 17.3 Å². The topological polar surface area (TPSA) is 56.0 Å². The first kappa shape index (κ1) is 11.9. The van der Waals surface area contributed by atoms with E-state index in [0.717, 1.165) is 12.1 Å². The number of rotatable bonds is 6. The number of aromatic nitrogens is 1. The van der Waals surface area contributed by atoms with Crippen LogP contribution in [0, 0.1) is 5.92 Å². The summed E-state index contributed by atoms with van der Waals surface area (Å²) in [5.41, 5.74) is 6.40. The fourth-order valence-corrected chi connectivity index (χ4v) is 1.49. The Hall–Kier alpha value is -1.22. The minimum Gasteiger partial charge on any atom is -0.330 e. The molecule has 1 atom stereocenters. The Balaban J connectivity index is 2.43. The normalized spacial score (nSPS) is 12.4. The summed E-state index contributed by atoms with van der Waals surface area (Å²) in [5, 5.41) is 0. The Kier molecular flexibility index (Phi) is 4.98. The maximum atomic E-state index is 11.6. The highest BCUT2D eigenvalue weighted by Gasteiger charge is 2.11. The molecule has 0 aliphatic rings. The first-order chi connectivity index (χ1) is 7.26. The number of nitrogens with zero attached hydrogens (tertiary/aromatic N) is 1. The summed E-state index contributed by atoms with van der Waals surface area (Å²) in [4.78, 5) is 15.8. The molecule has 1 rings (SSSR count). The number of ketones is 1. The second-order valence-corrected chi connectivity index (χ2v) is 3.75. The van der Waals surface area contributed by atoms with Crippen molar-refractivity contribution in [1.82, 2.24) is 4.98 Å². The van der Waals surface area contributed by atoms with Crippen molar-refractivity contribution in [3.63, 3.8) is 0 Å². The van der Waals surface area contributed by atoms with Crippen LogP contribution in [0.25, 0.3) is 0 Å². The standard InChI is InChI=1S/C12H18N2O/c1-2-10(9-13)7-12(15)8-11-5-3-4-6-14-11/h3-6,10H,2,7-9,13H2,1H3. The van der Waals surface area contributed by atoms with Crippen molar-refractivity contribution in [3.8, 4) is 0 Å². The third-order valence-electron chi connectivity index (χ3n) is 2.53. The maximum absolute atomic E-state index is 11.6. The molecular weight excluding hydrogens is 188 g/mol. The van der Waals surface area contributed by atoms with Crippen molar-refractivity contribution in [1.29, 1.82) is 0 Å². The van der Waals surface area contributed by atoms with Gasteiger partial charge in [-0.15, -0.1) is 0 Å². The molecule has 1 aromatic rings. The maximum Gasteiger partial charge on any atom is 0.139 e. The minimum atomic E-state index is 0.228. The van der Waals surface area contributed by atoms with E-state index < -0.39 is 0 Å². The van der Waals surface area contributed by atoms with Gasteiger partial charge in [-0.2, -0.15) is 0 Å². The highest BCUT2D eigenvalue weighted by Crippen LogP contribution is 2.08. The van der Waals surface area contributed by atoms with Gasteiger partial charge in [0.25, 0.3) is 0 Å². The number of pyridine rings is 1. The summed E-state index contributed by atoms with van der Waals surface area (Å²) in [6.45, 7) is 2.65. The average molecular weight is 206 g/mol. The predicted molar refractivity (Wildman–Crippen MR) is 60.4 cm³/mol. The molecule has 0 aliphatic carbocycles. The van der Waals surface area contributed by atoms with Crippen LogP contribution in [0.3, 0.4) is 0 Å². The lowest BCUT2D eigenvalue weighted by Crippen LogP contribution is -2.18. The van der Waals surface area contributed by atoms with Gasteiger partial charge in [0.1, 0.15) is 5.78 Å². The molecule has 3 nitrogen and oxygen atoms in total. The highest BCUT2D eigenvalue weighted by atomic mass is 16.1. The summed E-state index contributed by atoms with van der Waals surface area (Å²) in [5.74, 6) is 0.548. The lowest BCUT2D eigenvalue weighted by atomic mass is 9.98. The van der Waals surface area contributed by atoms with Gasteiger partial charge in [-0.3, -0.25) is 9.78 Å². The van der Waals surface area contributed by atoms with Crippen molar-refractivity contribution in [2.75, 3.05) is 6.54 Å². The van der Waals surface area contributed by atoms with Crippen molar-refractivity contribution in [2.24, 2.45) is 11.7 Å². The van der Waals surface area contributed by atoms with Gasteiger partial charge in [0.05, 0.1) is 0 Å². The van der Waals surface area contributed by atoms with E-state index in [1.165, 1.54) is 0 Å². The largest absolute Gasteiger partial charge is 0.330 e. The van der Waals surface area contributed by atoms with Crippen LogP contribution in [0.4, 0.5) is 0 Å². The molecular formula is C12H18N2O. The fourth-order valence-electron chi connectivity index (χ4n) is 1.49. The average Bonchev–Trinajstić information content (AvgIpc) is 2.27. The molecule has 3 heteroatoms. The number of Topliss-reactive ketones (excluding diaryl/α,β-unsaturated/α-hetero) is 1. The Morgan fingerprint density at radius 3 is 2.87 bits per heavy atom. The van der Waals surface area contributed by atoms with Gasteiger partial charge in [-0.1, -0.05) is 19.4 Å². The summed E-state index contributed by atoms with van der Waals surface area (Å²) in [6, 6.07) is 5.62. The smallest absolute Gasteiger partial charge is 0.139 e. The zero-order chi connectivity index (χ0) is 11.1. The van der Waals surface area contributed by atoms with Gasteiger partial charge in [-0.25, -0.2) is 0 Å². The van der Waals surface area contributed by atoms with Crippen molar-refractivity contribution < 1.29 is 4.79 Å². The zero-order valence-electron chi connectivity index (χ0n) is 9.15. The van der Waals surface area contributed by atoms with E-state index in [2.05, 4.69) is 11.9 Å². The van der Waals surface area contributed by atoms with Crippen molar-refractivity contribution in [3.05, 3.63) is 30.1 Å². The van der Waals surface area contributed by atoms with Gasteiger partial charge in [0.15, 0.2) is 0 Å². The second-order valence-electron chi connectivity index (χ2n) is 3.75. The monoisotopic (exact) mass is 206 g/mol. The minimum absolute atomic E-state index is 0.228. The first-order valence-electron chi connectivity index (χ1n) is 5.38. The second kappa shape index (κ2) is 6.30. The zero-order valence-corrected chi connectivity index (χ0v) is 9.15. The van der Waals surface area contributed by atoms with Crippen molar-refractivity contribution >= 4 is 5.78 Å². The van der Waals surface area contributed by atoms with Crippen LogP contribution in [-0.2, 0) is 11.2 Å². The van der Waals surface area contributed by atoms with E-state index in [1.54, 1.807) is 6.20 Å². The third-order valence-corrected chi connectivity index (χ3v) is 2.53. The summed E-state index contributed by atoms with van der Waals surface area (Å²) in [6.07, 6.45) is 3.67. The van der Waals surface area contributed by atoms with E-state index in [-0.39, 0.29) is 5.78 Å². The van der Waals surface area contributed by atoms with Crippen LogP contribution in [0.2, 0.25) is 0 Å². The molecule has 0 fully saturated rings. The third kappa shape index (κ3) is 4.21. The van der Waals surface area contributed by atoms with E-state index in [9.17, 15) is 4.79 Å². The molecule has 0 bridgehead atoms. The van der Waals surface area contributed by atoms with Crippen molar-refractivity contribution in [2.45, 2.75) is 26.2 Å². The van der Waals surface area contributed by atoms with E-state index in [1.807, 2.05) is 18.2 Å². The SMILES string of the molecule is CCC(CN)CC(=O)Cc1ccccn1. The van der Waals surface area contributed by atoms with Crippen LogP contribution < -0.4 is 5.73 Å². The van der Waals surface area contributed by atoms with Crippen LogP contribution in [0.15, 0.2) is 24.4 Å². The molecule has 0 saturated heterocycles. The van der Waals surface area contributed by atoms with Gasteiger partial charge >= 0.3 is 0 Å². The molecule has 0 spiro atoms. The lowest BCUT2D eigenvalue weighted by molar-refractivity contribution is -0.119. The molecule has 0 radical (unpaired) electrons. The van der Waals surface area contributed by atoms with E-state index in [4.69, 9.17) is 5.73 Å². The molecule has 1 heterocycles. The predicted octanol–water partition coefficient (Wildman–Crippen LogP) is 1.57. The molecule has 82 valence electrons. The number of hydrogen-bond acceptors (Lipinski definition) is 3. The Bertz CT molecular complexity index is 294. The molecule has 1 aromatic heterocycles. The Labute approximate surface area is 90.7 Å². The number of carbonyl (C=O) groups is 1. The molecule has 0 aromatic carbocycles.